The lowest BCUT2D eigenvalue weighted by Crippen LogP contribution is -2.05. The molecule has 2 heterocycles. The Hall–Kier alpha value is -8.10. The van der Waals surface area contributed by atoms with Crippen molar-refractivity contribution < 1.29 is 26.3 Å². The summed E-state index contributed by atoms with van der Waals surface area (Å²) in [6, 6.07) is 64.7. The monoisotopic (exact) mass is 872 g/mol. The number of halogens is 6. The summed E-state index contributed by atoms with van der Waals surface area (Å²) in [7, 11) is 0. The van der Waals surface area contributed by atoms with E-state index in [0.29, 0.717) is 27.5 Å². The normalized spacial score (nSPS) is 12.4. The molecule has 12 rings (SSSR count). The molecule has 8 heteroatoms. The average Bonchev–Trinajstić information content (AvgIpc) is 3.85. The first-order valence-corrected chi connectivity index (χ1v) is 21.5. The van der Waals surface area contributed by atoms with Crippen LogP contribution in [0.25, 0.3) is 110 Å². The van der Waals surface area contributed by atoms with Gasteiger partial charge in [0.15, 0.2) is 0 Å². The van der Waals surface area contributed by atoms with Crippen molar-refractivity contribution in [1.82, 2.24) is 9.13 Å². The smallest absolute Gasteiger partial charge is 0.309 e. The molecule has 0 unspecified atom stereocenters. The van der Waals surface area contributed by atoms with Crippen LogP contribution in [0.5, 0.6) is 0 Å². The number of nitrogens with zero attached hydrogens (tertiary/aromatic N) is 2. The van der Waals surface area contributed by atoms with Gasteiger partial charge < -0.3 is 9.13 Å². The number of hydrogen-bond donors (Lipinski definition) is 0. The third-order valence-electron chi connectivity index (χ3n) is 13.0. The highest BCUT2D eigenvalue weighted by Gasteiger charge is 2.32. The Kier molecular flexibility index (Phi) is 8.81. The van der Waals surface area contributed by atoms with Crippen molar-refractivity contribution in [3.63, 3.8) is 0 Å². The molecule has 0 fully saturated rings. The lowest BCUT2D eigenvalue weighted by Gasteiger charge is -2.18. The van der Waals surface area contributed by atoms with Gasteiger partial charge in [0.05, 0.1) is 33.2 Å². The zero-order valence-electron chi connectivity index (χ0n) is 34.8. The van der Waals surface area contributed by atoms with Crippen LogP contribution >= 0.6 is 0 Å². The molecule has 0 saturated heterocycles. The van der Waals surface area contributed by atoms with Crippen molar-refractivity contribution >= 4 is 65.2 Å². The minimum atomic E-state index is -4.59. The maximum atomic E-state index is 14.1. The molecule has 0 aliphatic rings. The van der Waals surface area contributed by atoms with Crippen LogP contribution in [0.1, 0.15) is 11.1 Å². The van der Waals surface area contributed by atoms with Gasteiger partial charge >= 0.3 is 12.4 Å². The van der Waals surface area contributed by atoms with Gasteiger partial charge in [-0.1, -0.05) is 121 Å². The van der Waals surface area contributed by atoms with Crippen molar-refractivity contribution in [2.75, 3.05) is 0 Å². The molecule has 0 N–H and O–H groups in total. The summed E-state index contributed by atoms with van der Waals surface area (Å²) in [5.41, 5.74) is 9.12. The molecule has 0 radical (unpaired) electrons. The molecule has 10 aromatic carbocycles. The highest BCUT2D eigenvalue weighted by molar-refractivity contribution is 6.21. The van der Waals surface area contributed by atoms with Crippen molar-refractivity contribution in [3.05, 3.63) is 217 Å². The quantitative estimate of drug-likeness (QED) is 0.120. The molecule has 0 saturated carbocycles. The molecule has 2 nitrogen and oxygen atoms in total. The minimum Gasteiger partial charge on any atom is -0.309 e. The van der Waals surface area contributed by atoms with Gasteiger partial charge in [-0.05, 0) is 140 Å². The summed E-state index contributed by atoms with van der Waals surface area (Å²) in [6.07, 6.45) is -9.12. The van der Waals surface area contributed by atoms with E-state index in [1.54, 1.807) is 4.57 Å². The van der Waals surface area contributed by atoms with Crippen LogP contribution in [0.3, 0.4) is 0 Å². The summed E-state index contributed by atoms with van der Waals surface area (Å²) in [4.78, 5) is 0. The number of fused-ring (bicyclic) bond motifs is 8. The first-order chi connectivity index (χ1) is 32.0. The fourth-order valence-electron chi connectivity index (χ4n) is 10.0. The fourth-order valence-corrected chi connectivity index (χ4v) is 10.0. The van der Waals surface area contributed by atoms with Gasteiger partial charge in [-0.3, -0.25) is 0 Å². The third-order valence-corrected chi connectivity index (χ3v) is 13.0. The van der Waals surface area contributed by atoms with Crippen LogP contribution in [-0.2, 0) is 12.4 Å². The Balaban J connectivity index is 0.982. The van der Waals surface area contributed by atoms with Gasteiger partial charge in [0.1, 0.15) is 0 Å². The first-order valence-electron chi connectivity index (χ1n) is 21.5. The molecule has 0 amide bonds. The molecule has 0 spiro atoms. The Morgan fingerprint density at radius 3 is 1.11 bits per heavy atom. The molecule has 12 aromatic rings. The van der Waals surface area contributed by atoms with Gasteiger partial charge in [0.25, 0.3) is 0 Å². The van der Waals surface area contributed by atoms with Crippen molar-refractivity contribution in [3.8, 4) is 44.8 Å². The van der Waals surface area contributed by atoms with E-state index in [2.05, 4.69) is 126 Å². The second-order valence-corrected chi connectivity index (χ2v) is 16.7. The van der Waals surface area contributed by atoms with Gasteiger partial charge in [-0.15, -0.1) is 0 Å². The zero-order chi connectivity index (χ0) is 44.9. The standard InChI is InChI=1S/C58H34F6N2/c59-57(60,61)39-22-27-42(28-23-39)66-53-30-21-38(33-49(53)50-34-40(58(62,63)64)24-31-54(50)66)37-20-29-52-48(32-37)43-12-8-9-17-51(43)65(52)41-25-18-36(19-26-41)56-46-15-6-4-13-44(46)55(35-10-2-1-3-11-35)45-14-5-7-16-47(45)56/h1-34H. The van der Waals surface area contributed by atoms with Gasteiger partial charge in [0, 0.05) is 32.9 Å². The van der Waals surface area contributed by atoms with Crippen LogP contribution in [0.2, 0.25) is 0 Å². The minimum absolute atomic E-state index is 0.343. The van der Waals surface area contributed by atoms with Gasteiger partial charge in [-0.25, -0.2) is 0 Å². The topological polar surface area (TPSA) is 9.86 Å². The molecular formula is C58H34F6N2. The Bertz CT molecular complexity index is 3820. The second kappa shape index (κ2) is 14.7. The Labute approximate surface area is 373 Å². The van der Waals surface area contributed by atoms with Gasteiger partial charge in [0.2, 0.25) is 0 Å². The van der Waals surface area contributed by atoms with Crippen LogP contribution in [0, 0.1) is 0 Å². The van der Waals surface area contributed by atoms with E-state index in [9.17, 15) is 26.3 Å². The average molecular weight is 873 g/mol. The second-order valence-electron chi connectivity index (χ2n) is 16.7. The SMILES string of the molecule is FC(F)(F)c1ccc(-n2c3ccc(-c4ccc5c(c4)c4ccccc4n5-c4ccc(-c5c6ccccc6c(-c6ccccc6)c6ccccc56)cc4)cc3c3cc(C(F)(F)F)ccc32)cc1. The number of rotatable bonds is 5. The molecule has 0 aliphatic heterocycles. The van der Waals surface area contributed by atoms with Crippen LogP contribution < -0.4 is 0 Å². The lowest BCUT2D eigenvalue weighted by atomic mass is 9.86. The zero-order valence-corrected chi connectivity index (χ0v) is 34.8. The van der Waals surface area contributed by atoms with Crippen LogP contribution in [0.4, 0.5) is 26.3 Å². The highest BCUT2D eigenvalue weighted by Crippen LogP contribution is 2.45. The van der Waals surface area contributed by atoms with E-state index < -0.39 is 23.5 Å². The number of benzene rings is 10. The first kappa shape index (κ1) is 39.5. The lowest BCUT2D eigenvalue weighted by molar-refractivity contribution is -0.138. The predicted octanol–water partition coefficient (Wildman–Crippen LogP) is 17.2. The molecular weight excluding hydrogens is 839 g/mol. The highest BCUT2D eigenvalue weighted by atomic mass is 19.4. The number of para-hydroxylation sites is 1. The van der Waals surface area contributed by atoms with E-state index in [4.69, 9.17) is 0 Å². The fraction of sp³-hybridized carbons (Fsp3) is 0.0345. The van der Waals surface area contributed by atoms with E-state index in [1.807, 2.05) is 42.5 Å². The summed E-state index contributed by atoms with van der Waals surface area (Å²) >= 11 is 0. The molecule has 0 aliphatic carbocycles. The van der Waals surface area contributed by atoms with Crippen molar-refractivity contribution in [2.45, 2.75) is 12.4 Å². The third kappa shape index (κ3) is 6.27. The molecule has 66 heavy (non-hydrogen) atoms. The molecule has 0 bridgehead atoms. The van der Waals surface area contributed by atoms with E-state index in [0.717, 1.165) is 68.4 Å². The Morgan fingerprint density at radius 1 is 0.258 bits per heavy atom. The molecule has 2 aromatic heterocycles. The maximum absolute atomic E-state index is 14.1. The van der Waals surface area contributed by atoms with E-state index in [1.165, 1.54) is 56.4 Å². The van der Waals surface area contributed by atoms with E-state index in [-0.39, 0.29) is 0 Å². The summed E-state index contributed by atoms with van der Waals surface area (Å²) in [5, 5.41) is 7.67. The number of hydrogen-bond acceptors (Lipinski definition) is 0. The van der Waals surface area contributed by atoms with E-state index >= 15 is 0 Å². The summed E-state index contributed by atoms with van der Waals surface area (Å²) in [6.45, 7) is 0. The summed E-state index contributed by atoms with van der Waals surface area (Å²) < 4.78 is 86.8. The number of alkyl halides is 6. The predicted molar refractivity (Wildman–Crippen MR) is 256 cm³/mol. The van der Waals surface area contributed by atoms with Crippen LogP contribution in [0.15, 0.2) is 206 Å². The van der Waals surface area contributed by atoms with Crippen molar-refractivity contribution in [2.24, 2.45) is 0 Å². The Morgan fingerprint density at radius 2 is 0.606 bits per heavy atom. The largest absolute Gasteiger partial charge is 0.416 e. The number of aromatic nitrogens is 2. The maximum Gasteiger partial charge on any atom is 0.416 e. The van der Waals surface area contributed by atoms with Crippen LogP contribution in [-0.4, -0.2) is 9.13 Å². The molecule has 318 valence electrons. The molecule has 0 atom stereocenters. The summed E-state index contributed by atoms with van der Waals surface area (Å²) in [5.74, 6) is 0. The van der Waals surface area contributed by atoms with Gasteiger partial charge in [-0.2, -0.15) is 26.3 Å². The van der Waals surface area contributed by atoms with Crippen molar-refractivity contribution in [1.29, 1.82) is 0 Å².